The van der Waals surface area contributed by atoms with Gasteiger partial charge in [0.05, 0.1) is 19.9 Å². The lowest BCUT2D eigenvalue weighted by atomic mass is 10.2. The molecule has 0 aliphatic carbocycles. The standard InChI is InChI=1S/C21H25ClN4O3/c1-29-20-12-16(6-7-19(20)27)13-23-24-21(28)15-26-10-8-25(9-11-26)14-17-4-2-3-5-18(17)22/h2-7,12-13,27H,8-11,14-15H2,1H3,(H,24,28)/b23-13+. The number of nitrogens with one attached hydrogen (secondary N) is 1. The number of hydrazone groups is 1. The quantitative estimate of drug-likeness (QED) is 0.535. The first-order valence-corrected chi connectivity index (χ1v) is 9.80. The number of hydrogen-bond acceptors (Lipinski definition) is 6. The zero-order chi connectivity index (χ0) is 20.6. The molecule has 0 saturated carbocycles. The Hall–Kier alpha value is -2.61. The summed E-state index contributed by atoms with van der Waals surface area (Å²) in [5.41, 5.74) is 4.38. The molecule has 1 fully saturated rings. The van der Waals surface area contributed by atoms with E-state index < -0.39 is 0 Å². The van der Waals surface area contributed by atoms with E-state index >= 15 is 0 Å². The van der Waals surface area contributed by atoms with Crippen molar-refractivity contribution in [1.82, 2.24) is 15.2 Å². The zero-order valence-electron chi connectivity index (χ0n) is 16.3. The Morgan fingerprint density at radius 1 is 1.21 bits per heavy atom. The van der Waals surface area contributed by atoms with Crippen molar-refractivity contribution in [3.05, 3.63) is 58.6 Å². The summed E-state index contributed by atoms with van der Waals surface area (Å²) >= 11 is 6.24. The van der Waals surface area contributed by atoms with Crippen LogP contribution in [-0.2, 0) is 11.3 Å². The van der Waals surface area contributed by atoms with Crippen LogP contribution in [-0.4, -0.2) is 66.9 Å². The molecule has 8 heteroatoms. The summed E-state index contributed by atoms with van der Waals surface area (Å²) < 4.78 is 5.05. The summed E-state index contributed by atoms with van der Waals surface area (Å²) in [4.78, 5) is 16.6. The van der Waals surface area contributed by atoms with Crippen molar-refractivity contribution in [2.24, 2.45) is 5.10 Å². The van der Waals surface area contributed by atoms with Crippen molar-refractivity contribution in [2.75, 3.05) is 39.8 Å². The average Bonchev–Trinajstić information content (AvgIpc) is 2.72. The third kappa shape index (κ3) is 6.19. The second-order valence-electron chi connectivity index (χ2n) is 6.87. The van der Waals surface area contributed by atoms with Gasteiger partial charge in [0.15, 0.2) is 11.5 Å². The number of benzene rings is 2. The second kappa shape index (κ2) is 10.2. The van der Waals surface area contributed by atoms with Crippen molar-refractivity contribution in [3.8, 4) is 11.5 Å². The summed E-state index contributed by atoms with van der Waals surface area (Å²) in [7, 11) is 1.48. The number of hydrogen-bond donors (Lipinski definition) is 2. The number of phenols is 1. The van der Waals surface area contributed by atoms with Crippen LogP contribution >= 0.6 is 11.6 Å². The van der Waals surface area contributed by atoms with Crippen LogP contribution in [0.4, 0.5) is 0 Å². The lowest BCUT2D eigenvalue weighted by Gasteiger charge is -2.34. The molecule has 1 aliphatic rings. The number of amides is 1. The van der Waals surface area contributed by atoms with Gasteiger partial charge in [-0.05, 0) is 35.4 Å². The van der Waals surface area contributed by atoms with Crippen LogP contribution in [0.3, 0.4) is 0 Å². The third-order valence-corrected chi connectivity index (χ3v) is 5.16. The van der Waals surface area contributed by atoms with Gasteiger partial charge in [-0.1, -0.05) is 29.8 Å². The van der Waals surface area contributed by atoms with Crippen LogP contribution < -0.4 is 10.2 Å². The SMILES string of the molecule is COc1cc(/C=N/NC(=O)CN2CCN(Cc3ccccc3Cl)CC2)ccc1O. The molecule has 3 rings (SSSR count). The monoisotopic (exact) mass is 416 g/mol. The molecular formula is C21H25ClN4O3. The molecule has 1 saturated heterocycles. The minimum Gasteiger partial charge on any atom is -0.504 e. The topological polar surface area (TPSA) is 77.4 Å². The van der Waals surface area contributed by atoms with Crippen molar-refractivity contribution in [2.45, 2.75) is 6.54 Å². The fourth-order valence-electron chi connectivity index (χ4n) is 3.16. The zero-order valence-corrected chi connectivity index (χ0v) is 17.1. The van der Waals surface area contributed by atoms with Crippen LogP contribution in [0.5, 0.6) is 11.5 Å². The van der Waals surface area contributed by atoms with E-state index in [1.807, 2.05) is 24.3 Å². The Labute approximate surface area is 175 Å². The second-order valence-corrected chi connectivity index (χ2v) is 7.28. The van der Waals surface area contributed by atoms with Crippen LogP contribution in [0, 0.1) is 0 Å². The number of piperazine rings is 1. The molecule has 7 nitrogen and oxygen atoms in total. The van der Waals surface area contributed by atoms with Crippen molar-refractivity contribution >= 4 is 23.7 Å². The smallest absolute Gasteiger partial charge is 0.254 e. The van der Waals surface area contributed by atoms with Crippen LogP contribution in [0.1, 0.15) is 11.1 Å². The van der Waals surface area contributed by atoms with Gasteiger partial charge in [0.1, 0.15) is 0 Å². The number of aromatic hydroxyl groups is 1. The lowest BCUT2D eigenvalue weighted by molar-refractivity contribution is -0.122. The number of halogens is 1. The van der Waals surface area contributed by atoms with Crippen molar-refractivity contribution in [3.63, 3.8) is 0 Å². The van der Waals surface area contributed by atoms with E-state index in [-0.39, 0.29) is 11.7 Å². The summed E-state index contributed by atoms with van der Waals surface area (Å²) in [6.45, 7) is 4.52. The summed E-state index contributed by atoms with van der Waals surface area (Å²) in [5.74, 6) is 0.254. The first-order valence-electron chi connectivity index (χ1n) is 9.42. The van der Waals surface area contributed by atoms with E-state index in [2.05, 4.69) is 20.3 Å². The Morgan fingerprint density at radius 3 is 2.66 bits per heavy atom. The number of carbonyl (C=O) groups is 1. The summed E-state index contributed by atoms with van der Waals surface area (Å²) in [6.07, 6.45) is 1.52. The Balaban J connectivity index is 1.41. The fourth-order valence-corrected chi connectivity index (χ4v) is 3.36. The molecule has 1 amide bonds. The summed E-state index contributed by atoms with van der Waals surface area (Å²) in [5, 5.41) is 14.4. The fraction of sp³-hybridized carbons (Fsp3) is 0.333. The third-order valence-electron chi connectivity index (χ3n) is 4.79. The van der Waals surface area contributed by atoms with E-state index in [1.54, 1.807) is 12.1 Å². The molecule has 0 radical (unpaired) electrons. The van der Waals surface area contributed by atoms with Gasteiger partial charge in [-0.3, -0.25) is 14.6 Å². The van der Waals surface area contributed by atoms with Crippen LogP contribution in [0.2, 0.25) is 5.02 Å². The van der Waals surface area contributed by atoms with Gasteiger partial charge in [-0.25, -0.2) is 5.43 Å². The highest BCUT2D eigenvalue weighted by molar-refractivity contribution is 6.31. The highest BCUT2D eigenvalue weighted by Crippen LogP contribution is 2.25. The Morgan fingerprint density at radius 2 is 1.93 bits per heavy atom. The Bertz CT molecular complexity index is 867. The van der Waals surface area contributed by atoms with Crippen LogP contribution in [0.15, 0.2) is 47.6 Å². The Kier molecular flexibility index (Phi) is 7.46. The van der Waals surface area contributed by atoms with Gasteiger partial charge in [-0.2, -0.15) is 5.10 Å². The molecule has 154 valence electrons. The highest BCUT2D eigenvalue weighted by Gasteiger charge is 2.19. The minimum absolute atomic E-state index is 0.0577. The van der Waals surface area contributed by atoms with Crippen LogP contribution in [0.25, 0.3) is 0 Å². The highest BCUT2D eigenvalue weighted by atomic mass is 35.5. The van der Waals surface area contributed by atoms with Gasteiger partial charge in [0.25, 0.3) is 5.91 Å². The first-order chi connectivity index (χ1) is 14.0. The summed E-state index contributed by atoms with van der Waals surface area (Å²) in [6, 6.07) is 12.7. The largest absolute Gasteiger partial charge is 0.504 e. The predicted molar refractivity (Wildman–Crippen MR) is 114 cm³/mol. The van der Waals surface area contributed by atoms with Gasteiger partial charge in [0, 0.05) is 37.7 Å². The van der Waals surface area contributed by atoms with E-state index in [0.29, 0.717) is 17.9 Å². The van der Waals surface area contributed by atoms with E-state index in [9.17, 15) is 9.90 Å². The normalized spacial score (nSPS) is 15.5. The molecule has 2 N–H and O–H groups in total. The number of nitrogens with zero attached hydrogens (tertiary/aromatic N) is 3. The van der Waals surface area contributed by atoms with Crippen molar-refractivity contribution < 1.29 is 14.6 Å². The number of rotatable bonds is 7. The molecule has 1 aliphatic heterocycles. The molecule has 2 aromatic rings. The molecular weight excluding hydrogens is 392 g/mol. The molecule has 0 bridgehead atoms. The predicted octanol–water partition coefficient (Wildman–Crippen LogP) is 2.32. The number of ether oxygens (including phenoxy) is 1. The average molecular weight is 417 g/mol. The molecule has 0 spiro atoms. The molecule has 29 heavy (non-hydrogen) atoms. The van der Waals surface area contributed by atoms with E-state index in [4.69, 9.17) is 16.3 Å². The minimum atomic E-state index is -0.161. The molecule has 2 aromatic carbocycles. The molecule has 0 unspecified atom stereocenters. The number of phenolic OH excluding ortho intramolecular Hbond substituents is 1. The maximum atomic E-state index is 12.1. The molecule has 1 heterocycles. The lowest BCUT2D eigenvalue weighted by Crippen LogP contribution is -2.48. The van der Waals surface area contributed by atoms with E-state index in [1.165, 1.54) is 19.4 Å². The maximum absolute atomic E-state index is 12.1. The molecule has 0 aromatic heterocycles. The molecule has 0 atom stereocenters. The van der Waals surface area contributed by atoms with Gasteiger partial charge >= 0.3 is 0 Å². The van der Waals surface area contributed by atoms with Crippen molar-refractivity contribution in [1.29, 1.82) is 0 Å². The van der Waals surface area contributed by atoms with Gasteiger partial charge in [0.2, 0.25) is 0 Å². The van der Waals surface area contributed by atoms with Gasteiger partial charge in [-0.15, -0.1) is 0 Å². The first kappa shape index (κ1) is 21.1. The van der Waals surface area contributed by atoms with E-state index in [0.717, 1.165) is 43.3 Å². The number of methoxy groups -OCH3 is 1. The number of carbonyl (C=O) groups excluding carboxylic acids is 1. The maximum Gasteiger partial charge on any atom is 0.254 e. The van der Waals surface area contributed by atoms with Gasteiger partial charge < -0.3 is 9.84 Å².